The summed E-state index contributed by atoms with van der Waals surface area (Å²) in [7, 11) is -3.75. The van der Waals surface area contributed by atoms with Gasteiger partial charge in [0.05, 0.1) is 6.10 Å². The predicted octanol–water partition coefficient (Wildman–Crippen LogP) is 0.579. The molecule has 1 saturated carbocycles. The van der Waals surface area contributed by atoms with Gasteiger partial charge >= 0.3 is 0 Å². The first-order chi connectivity index (χ1) is 6.97. The Labute approximate surface area is 88.3 Å². The second kappa shape index (κ2) is 3.46. The monoisotopic (exact) mass is 228 g/mol. The molecule has 6 heteroatoms. The zero-order chi connectivity index (χ0) is 11.1. The van der Waals surface area contributed by atoms with Crippen LogP contribution in [0.15, 0.2) is 17.3 Å². The standard InChI is InChI=1S/C9H12N2O3S/c1-6-5-11-9(15(10,12)13)4-8(6)14-7-2-3-7/h4-5,7H,2-3H2,1H3,(H2,10,12,13). The molecule has 0 aromatic carbocycles. The number of ether oxygens (including phenoxy) is 1. The summed E-state index contributed by atoms with van der Waals surface area (Å²) in [5.41, 5.74) is 0.814. The highest BCUT2D eigenvalue weighted by Gasteiger charge is 2.25. The van der Waals surface area contributed by atoms with Crippen LogP contribution in [0.3, 0.4) is 0 Å². The third-order valence-electron chi connectivity index (χ3n) is 2.14. The van der Waals surface area contributed by atoms with E-state index >= 15 is 0 Å². The molecule has 1 fully saturated rings. The number of primary sulfonamides is 1. The van der Waals surface area contributed by atoms with E-state index in [1.807, 2.05) is 6.92 Å². The Morgan fingerprint density at radius 3 is 2.73 bits per heavy atom. The van der Waals surface area contributed by atoms with Crippen molar-refractivity contribution in [2.45, 2.75) is 30.9 Å². The molecule has 0 aliphatic heterocycles. The minimum atomic E-state index is -3.75. The number of aryl methyl sites for hydroxylation is 1. The molecule has 0 atom stereocenters. The van der Waals surface area contributed by atoms with Crippen molar-refractivity contribution in [3.05, 3.63) is 17.8 Å². The van der Waals surface area contributed by atoms with Crippen LogP contribution in [0.5, 0.6) is 5.75 Å². The largest absolute Gasteiger partial charge is 0.490 e. The van der Waals surface area contributed by atoms with Gasteiger partial charge in [-0.2, -0.15) is 0 Å². The summed E-state index contributed by atoms with van der Waals surface area (Å²) in [6, 6.07) is 1.38. The summed E-state index contributed by atoms with van der Waals surface area (Å²) in [4.78, 5) is 3.74. The Morgan fingerprint density at radius 2 is 2.20 bits per heavy atom. The van der Waals surface area contributed by atoms with Gasteiger partial charge < -0.3 is 4.74 Å². The zero-order valence-corrected chi connectivity index (χ0v) is 9.12. The molecular weight excluding hydrogens is 216 g/mol. The number of nitrogens with zero attached hydrogens (tertiary/aromatic N) is 1. The Bertz CT molecular complexity index is 480. The summed E-state index contributed by atoms with van der Waals surface area (Å²) < 4.78 is 27.6. The molecule has 1 heterocycles. The molecule has 15 heavy (non-hydrogen) atoms. The van der Waals surface area contributed by atoms with E-state index in [9.17, 15) is 8.42 Å². The summed E-state index contributed by atoms with van der Waals surface area (Å²) in [6.07, 6.45) is 3.72. The number of pyridine rings is 1. The van der Waals surface area contributed by atoms with E-state index in [1.54, 1.807) is 0 Å². The van der Waals surface area contributed by atoms with Gasteiger partial charge in [-0.15, -0.1) is 0 Å². The molecule has 0 bridgehead atoms. The van der Waals surface area contributed by atoms with E-state index in [2.05, 4.69) is 4.98 Å². The average molecular weight is 228 g/mol. The molecule has 0 saturated heterocycles. The van der Waals surface area contributed by atoms with Crippen molar-refractivity contribution in [3.63, 3.8) is 0 Å². The SMILES string of the molecule is Cc1cnc(S(N)(=O)=O)cc1OC1CC1. The summed E-state index contributed by atoms with van der Waals surface area (Å²) in [6.45, 7) is 1.82. The third-order valence-corrected chi connectivity index (χ3v) is 2.94. The quantitative estimate of drug-likeness (QED) is 0.820. The molecule has 0 amide bonds. The van der Waals surface area contributed by atoms with Gasteiger partial charge in [-0.25, -0.2) is 18.5 Å². The topological polar surface area (TPSA) is 82.3 Å². The van der Waals surface area contributed by atoms with Crippen LogP contribution in [0.25, 0.3) is 0 Å². The highest BCUT2D eigenvalue weighted by atomic mass is 32.2. The fraction of sp³-hybridized carbons (Fsp3) is 0.444. The van der Waals surface area contributed by atoms with E-state index in [-0.39, 0.29) is 11.1 Å². The molecule has 82 valence electrons. The molecule has 0 unspecified atom stereocenters. The Balaban J connectivity index is 2.35. The van der Waals surface area contributed by atoms with E-state index in [0.29, 0.717) is 5.75 Å². The fourth-order valence-electron chi connectivity index (χ4n) is 1.14. The smallest absolute Gasteiger partial charge is 0.255 e. The van der Waals surface area contributed by atoms with Crippen LogP contribution in [-0.4, -0.2) is 19.5 Å². The molecule has 1 aliphatic carbocycles. The van der Waals surface area contributed by atoms with E-state index in [0.717, 1.165) is 18.4 Å². The van der Waals surface area contributed by atoms with Gasteiger partial charge in [0, 0.05) is 17.8 Å². The first kappa shape index (κ1) is 10.4. The lowest BCUT2D eigenvalue weighted by atomic mass is 10.3. The Kier molecular flexibility index (Phi) is 2.40. The molecule has 1 aliphatic rings. The number of hydrogen-bond donors (Lipinski definition) is 1. The maximum Gasteiger partial charge on any atom is 0.255 e. The summed E-state index contributed by atoms with van der Waals surface area (Å²) >= 11 is 0. The average Bonchev–Trinajstić information content (AvgIpc) is 2.90. The molecular formula is C9H12N2O3S. The molecule has 1 aromatic heterocycles. The normalized spacial score (nSPS) is 16.4. The van der Waals surface area contributed by atoms with E-state index in [4.69, 9.17) is 9.88 Å². The van der Waals surface area contributed by atoms with Gasteiger partial charge in [-0.1, -0.05) is 0 Å². The number of hydrogen-bond acceptors (Lipinski definition) is 4. The van der Waals surface area contributed by atoms with Crippen LogP contribution in [-0.2, 0) is 10.0 Å². The first-order valence-corrected chi connectivity index (χ1v) is 6.17. The lowest BCUT2D eigenvalue weighted by molar-refractivity contribution is 0.299. The van der Waals surface area contributed by atoms with Gasteiger partial charge in [0.25, 0.3) is 10.0 Å². The molecule has 2 N–H and O–H groups in total. The lowest BCUT2D eigenvalue weighted by Crippen LogP contribution is -2.14. The van der Waals surface area contributed by atoms with Crippen molar-refractivity contribution in [1.29, 1.82) is 0 Å². The fourth-order valence-corrected chi connectivity index (χ4v) is 1.61. The van der Waals surface area contributed by atoms with Crippen LogP contribution < -0.4 is 9.88 Å². The first-order valence-electron chi connectivity index (χ1n) is 4.63. The minimum absolute atomic E-state index is 0.149. The Morgan fingerprint density at radius 1 is 1.53 bits per heavy atom. The molecule has 0 radical (unpaired) electrons. The van der Waals surface area contributed by atoms with E-state index < -0.39 is 10.0 Å². The predicted molar refractivity (Wildman–Crippen MR) is 54.0 cm³/mol. The zero-order valence-electron chi connectivity index (χ0n) is 8.30. The van der Waals surface area contributed by atoms with Crippen LogP contribution in [0.1, 0.15) is 18.4 Å². The van der Waals surface area contributed by atoms with E-state index in [1.165, 1.54) is 12.3 Å². The molecule has 2 rings (SSSR count). The van der Waals surface area contributed by atoms with Crippen LogP contribution >= 0.6 is 0 Å². The van der Waals surface area contributed by atoms with Gasteiger partial charge in [-0.05, 0) is 19.8 Å². The number of rotatable bonds is 3. The van der Waals surface area contributed by atoms with Gasteiger partial charge in [0.2, 0.25) is 0 Å². The number of aromatic nitrogens is 1. The molecule has 5 nitrogen and oxygen atoms in total. The second-order valence-electron chi connectivity index (χ2n) is 3.65. The van der Waals surface area contributed by atoms with Crippen molar-refractivity contribution in [3.8, 4) is 5.75 Å². The second-order valence-corrected chi connectivity index (χ2v) is 5.16. The van der Waals surface area contributed by atoms with Crippen molar-refractivity contribution in [1.82, 2.24) is 4.98 Å². The molecule has 1 aromatic rings. The number of sulfonamides is 1. The Hall–Kier alpha value is -1.14. The van der Waals surface area contributed by atoms with Crippen molar-refractivity contribution in [2.75, 3.05) is 0 Å². The summed E-state index contributed by atoms with van der Waals surface area (Å²) in [5.74, 6) is 0.552. The third kappa shape index (κ3) is 2.45. The molecule has 0 spiro atoms. The van der Waals surface area contributed by atoms with Crippen LogP contribution in [0, 0.1) is 6.92 Å². The van der Waals surface area contributed by atoms with Crippen molar-refractivity contribution in [2.24, 2.45) is 5.14 Å². The highest BCUT2D eigenvalue weighted by Crippen LogP contribution is 2.29. The van der Waals surface area contributed by atoms with Crippen molar-refractivity contribution < 1.29 is 13.2 Å². The van der Waals surface area contributed by atoms with Gasteiger partial charge in [-0.3, -0.25) is 0 Å². The maximum absolute atomic E-state index is 11.1. The van der Waals surface area contributed by atoms with Crippen LogP contribution in [0.2, 0.25) is 0 Å². The maximum atomic E-state index is 11.1. The van der Waals surface area contributed by atoms with Gasteiger partial charge in [0.15, 0.2) is 5.03 Å². The van der Waals surface area contributed by atoms with Gasteiger partial charge in [0.1, 0.15) is 5.75 Å². The minimum Gasteiger partial charge on any atom is -0.490 e. The van der Waals surface area contributed by atoms with Crippen molar-refractivity contribution >= 4 is 10.0 Å². The van der Waals surface area contributed by atoms with Crippen LogP contribution in [0.4, 0.5) is 0 Å². The lowest BCUT2D eigenvalue weighted by Gasteiger charge is -2.08. The highest BCUT2D eigenvalue weighted by molar-refractivity contribution is 7.89. The summed E-state index contributed by atoms with van der Waals surface area (Å²) in [5, 5.41) is 4.83. The number of nitrogens with two attached hydrogens (primary N) is 1.